The van der Waals surface area contributed by atoms with Crippen LogP contribution in [0, 0.1) is 5.82 Å². The molecule has 0 bridgehead atoms. The first-order valence-electron chi connectivity index (χ1n) is 7.57. The summed E-state index contributed by atoms with van der Waals surface area (Å²) in [5.74, 6) is -0.305. The van der Waals surface area contributed by atoms with Crippen molar-refractivity contribution in [3.8, 4) is 0 Å². The molecule has 0 atom stereocenters. The molecule has 0 saturated heterocycles. The van der Waals surface area contributed by atoms with Crippen molar-refractivity contribution in [2.45, 2.75) is 18.2 Å². The number of hydrogen-bond donors (Lipinski definition) is 1. The van der Waals surface area contributed by atoms with Crippen LogP contribution in [0.15, 0.2) is 53.4 Å². The lowest BCUT2D eigenvalue weighted by molar-refractivity contribution is -0.116. The number of amides is 1. The van der Waals surface area contributed by atoms with Crippen molar-refractivity contribution >= 4 is 29.0 Å². The van der Waals surface area contributed by atoms with Gasteiger partial charge in [-0.3, -0.25) is 4.79 Å². The summed E-state index contributed by atoms with van der Waals surface area (Å²) in [5.41, 5.74) is 1.63. The standard InChI is InChI=1S/C18H21FN2OS/c1-3-21(15-8-6-7-14(19)13-15)12-11-18(22)20-16-9-4-5-10-17(16)23-2/h4-10,13H,3,11-12H2,1-2H3,(H,20,22). The largest absolute Gasteiger partial charge is 0.371 e. The van der Waals surface area contributed by atoms with E-state index in [0.717, 1.165) is 22.8 Å². The molecule has 3 nitrogen and oxygen atoms in total. The lowest BCUT2D eigenvalue weighted by Crippen LogP contribution is -2.27. The summed E-state index contributed by atoms with van der Waals surface area (Å²) in [4.78, 5) is 15.2. The Morgan fingerprint density at radius 1 is 1.22 bits per heavy atom. The normalized spacial score (nSPS) is 10.4. The predicted molar refractivity (Wildman–Crippen MR) is 95.8 cm³/mol. The van der Waals surface area contributed by atoms with Crippen molar-refractivity contribution in [2.75, 3.05) is 29.6 Å². The highest BCUT2D eigenvalue weighted by molar-refractivity contribution is 7.98. The molecule has 2 rings (SSSR count). The Morgan fingerprint density at radius 3 is 2.70 bits per heavy atom. The molecule has 2 aromatic rings. The van der Waals surface area contributed by atoms with Gasteiger partial charge < -0.3 is 10.2 Å². The number of nitrogens with one attached hydrogen (secondary N) is 1. The number of thioether (sulfide) groups is 1. The zero-order chi connectivity index (χ0) is 16.7. The van der Waals surface area contributed by atoms with Crippen LogP contribution >= 0.6 is 11.8 Å². The molecule has 1 amide bonds. The smallest absolute Gasteiger partial charge is 0.226 e. The summed E-state index contributed by atoms with van der Waals surface area (Å²) < 4.78 is 13.3. The van der Waals surface area contributed by atoms with Gasteiger partial charge in [0.05, 0.1) is 5.69 Å². The topological polar surface area (TPSA) is 32.3 Å². The van der Waals surface area contributed by atoms with E-state index in [9.17, 15) is 9.18 Å². The van der Waals surface area contributed by atoms with Crippen LogP contribution in [0.4, 0.5) is 15.8 Å². The number of halogens is 1. The maximum Gasteiger partial charge on any atom is 0.226 e. The van der Waals surface area contributed by atoms with E-state index in [1.54, 1.807) is 17.8 Å². The van der Waals surface area contributed by atoms with E-state index < -0.39 is 0 Å². The predicted octanol–water partition coefficient (Wildman–Crippen LogP) is 4.40. The molecule has 0 aromatic heterocycles. The average molecular weight is 332 g/mol. The van der Waals surface area contributed by atoms with Crippen molar-refractivity contribution in [3.63, 3.8) is 0 Å². The molecule has 0 aliphatic carbocycles. The summed E-state index contributed by atoms with van der Waals surface area (Å²) in [6.45, 7) is 3.26. The van der Waals surface area contributed by atoms with Crippen LogP contribution in [-0.4, -0.2) is 25.3 Å². The van der Waals surface area contributed by atoms with Gasteiger partial charge in [-0.1, -0.05) is 18.2 Å². The molecule has 0 radical (unpaired) electrons. The average Bonchev–Trinajstić information content (AvgIpc) is 2.56. The van der Waals surface area contributed by atoms with Gasteiger partial charge in [-0.05, 0) is 43.5 Å². The Labute approximate surface area is 140 Å². The SMILES string of the molecule is CCN(CCC(=O)Nc1ccccc1SC)c1cccc(F)c1. The van der Waals surface area contributed by atoms with Gasteiger partial charge in [0.2, 0.25) is 5.91 Å². The third-order valence-electron chi connectivity index (χ3n) is 3.54. The van der Waals surface area contributed by atoms with Crippen LogP contribution in [0.1, 0.15) is 13.3 Å². The molecule has 5 heteroatoms. The Hall–Kier alpha value is -2.01. The minimum Gasteiger partial charge on any atom is -0.371 e. The van der Waals surface area contributed by atoms with Gasteiger partial charge in [-0.15, -0.1) is 11.8 Å². The Kier molecular flexibility index (Phi) is 6.47. The summed E-state index contributed by atoms with van der Waals surface area (Å²) in [7, 11) is 0. The van der Waals surface area contributed by atoms with Gasteiger partial charge in [0.1, 0.15) is 5.82 Å². The number of rotatable bonds is 7. The lowest BCUT2D eigenvalue weighted by atomic mass is 10.2. The number of benzene rings is 2. The zero-order valence-corrected chi connectivity index (χ0v) is 14.2. The van der Waals surface area contributed by atoms with Crippen LogP contribution in [0.25, 0.3) is 0 Å². The van der Waals surface area contributed by atoms with Crippen molar-refractivity contribution in [2.24, 2.45) is 0 Å². The Balaban J connectivity index is 1.95. The lowest BCUT2D eigenvalue weighted by Gasteiger charge is -2.23. The van der Waals surface area contributed by atoms with Crippen LogP contribution in [0.5, 0.6) is 0 Å². The third kappa shape index (κ3) is 4.99. The zero-order valence-electron chi connectivity index (χ0n) is 13.4. The number of hydrogen-bond acceptors (Lipinski definition) is 3. The fraction of sp³-hybridized carbons (Fsp3) is 0.278. The van der Waals surface area contributed by atoms with E-state index in [0.29, 0.717) is 13.0 Å². The highest BCUT2D eigenvalue weighted by Crippen LogP contribution is 2.24. The van der Waals surface area contributed by atoms with Crippen LogP contribution in [-0.2, 0) is 4.79 Å². The second kappa shape index (κ2) is 8.58. The van der Waals surface area contributed by atoms with Crippen molar-refractivity contribution in [1.82, 2.24) is 0 Å². The Morgan fingerprint density at radius 2 is 2.00 bits per heavy atom. The molecule has 1 N–H and O–H groups in total. The van der Waals surface area contributed by atoms with Gasteiger partial charge in [0.15, 0.2) is 0 Å². The summed E-state index contributed by atoms with van der Waals surface area (Å²) in [5, 5.41) is 2.94. The van der Waals surface area contributed by atoms with Crippen molar-refractivity contribution in [3.05, 3.63) is 54.3 Å². The van der Waals surface area contributed by atoms with Crippen LogP contribution in [0.3, 0.4) is 0 Å². The molecule has 0 spiro atoms. The number of carbonyl (C=O) groups is 1. The second-order valence-electron chi connectivity index (χ2n) is 5.06. The van der Waals surface area contributed by atoms with Gasteiger partial charge in [-0.25, -0.2) is 4.39 Å². The summed E-state index contributed by atoms with van der Waals surface area (Å²) in [6.07, 6.45) is 2.33. The van der Waals surface area contributed by atoms with E-state index in [1.807, 2.05) is 48.4 Å². The van der Waals surface area contributed by atoms with Gasteiger partial charge >= 0.3 is 0 Å². The first-order valence-corrected chi connectivity index (χ1v) is 8.80. The Bertz CT molecular complexity index is 663. The molecular weight excluding hydrogens is 311 g/mol. The molecule has 0 aliphatic heterocycles. The van der Waals surface area contributed by atoms with E-state index in [4.69, 9.17) is 0 Å². The highest BCUT2D eigenvalue weighted by atomic mass is 32.2. The number of nitrogens with zero attached hydrogens (tertiary/aromatic N) is 1. The maximum absolute atomic E-state index is 13.3. The number of carbonyl (C=O) groups excluding carboxylic acids is 1. The molecule has 0 fully saturated rings. The third-order valence-corrected chi connectivity index (χ3v) is 4.34. The molecular formula is C18H21FN2OS. The quantitative estimate of drug-likeness (QED) is 0.763. The first-order chi connectivity index (χ1) is 11.1. The van der Waals surface area contributed by atoms with E-state index in [-0.39, 0.29) is 11.7 Å². The van der Waals surface area contributed by atoms with Gasteiger partial charge in [0, 0.05) is 30.1 Å². The number of para-hydroxylation sites is 1. The van der Waals surface area contributed by atoms with E-state index >= 15 is 0 Å². The maximum atomic E-state index is 13.3. The van der Waals surface area contributed by atoms with Crippen molar-refractivity contribution in [1.29, 1.82) is 0 Å². The van der Waals surface area contributed by atoms with E-state index in [1.165, 1.54) is 12.1 Å². The minimum absolute atomic E-state index is 0.0404. The number of anilines is 2. The fourth-order valence-electron chi connectivity index (χ4n) is 2.34. The molecule has 0 saturated carbocycles. The van der Waals surface area contributed by atoms with Crippen LogP contribution in [0.2, 0.25) is 0 Å². The van der Waals surface area contributed by atoms with Crippen molar-refractivity contribution < 1.29 is 9.18 Å². The molecule has 0 unspecified atom stereocenters. The molecule has 0 heterocycles. The van der Waals surface area contributed by atoms with Gasteiger partial charge in [-0.2, -0.15) is 0 Å². The molecule has 23 heavy (non-hydrogen) atoms. The fourth-order valence-corrected chi connectivity index (χ4v) is 2.89. The highest BCUT2D eigenvalue weighted by Gasteiger charge is 2.10. The first kappa shape index (κ1) is 17.3. The van der Waals surface area contributed by atoms with Crippen LogP contribution < -0.4 is 10.2 Å². The molecule has 2 aromatic carbocycles. The molecule has 122 valence electrons. The molecule has 0 aliphatic rings. The minimum atomic E-state index is -0.265. The van der Waals surface area contributed by atoms with Gasteiger partial charge in [0.25, 0.3) is 0 Å². The summed E-state index contributed by atoms with van der Waals surface area (Å²) in [6, 6.07) is 14.2. The monoisotopic (exact) mass is 332 g/mol. The van der Waals surface area contributed by atoms with E-state index in [2.05, 4.69) is 5.32 Å². The second-order valence-corrected chi connectivity index (χ2v) is 5.91. The summed E-state index contributed by atoms with van der Waals surface area (Å²) >= 11 is 1.60.